The van der Waals surface area contributed by atoms with Gasteiger partial charge in [0.05, 0.1) is 0 Å². The van der Waals surface area contributed by atoms with Gasteiger partial charge in [-0.25, -0.2) is 0 Å². The molecular weight excluding hydrogens is 1440 g/mol. The van der Waals surface area contributed by atoms with E-state index in [1.54, 1.807) is 0 Å². The SMILES string of the molecule is Brc1cc2ccc3ccccc3c2c2ccccc12.Brc1cccc(-c2cc3ccc4ccccc4c3c3ccccc23)c1.Brc1cccc(I)c1.C.CC(C)OB(OC(C)C)OC(C)C.O[B]Oc1cc2ccc3ccccc3c2c2ccccc12.[CH2-]CCC.[Li+]. The van der Waals surface area contributed by atoms with Crippen LogP contribution in [-0.2, 0) is 14.0 Å². The quantitative estimate of drug-likeness (QED) is 0.0640. The minimum Gasteiger partial charge on any atom is -0.537 e. The predicted molar refractivity (Wildman–Crippen MR) is 415 cm³/mol. The van der Waals surface area contributed by atoms with Crippen LogP contribution in [0.2, 0.25) is 0 Å². The summed E-state index contributed by atoms with van der Waals surface area (Å²) in [7, 11) is 0.189. The average Bonchev–Trinajstić information content (AvgIpc) is 0.805. The second kappa shape index (κ2) is 36.0. The van der Waals surface area contributed by atoms with Gasteiger partial charge in [-0.1, -0.05) is 269 Å². The van der Waals surface area contributed by atoms with Crippen LogP contribution in [0.4, 0.5) is 0 Å². The van der Waals surface area contributed by atoms with E-state index in [1.165, 1.54) is 102 Å². The zero-order valence-electron chi connectivity index (χ0n) is 52.8. The third-order valence-electron chi connectivity index (χ3n) is 14.8. The van der Waals surface area contributed by atoms with Crippen molar-refractivity contribution in [2.45, 2.75) is 87.0 Å². The molecule has 12 heteroatoms. The third-order valence-corrected chi connectivity index (χ3v) is 17.1. The summed E-state index contributed by atoms with van der Waals surface area (Å²) in [6.45, 7) is 17.5. The zero-order chi connectivity index (χ0) is 63.7. The second-order valence-electron chi connectivity index (χ2n) is 22.3. The third kappa shape index (κ3) is 18.9. The van der Waals surface area contributed by atoms with Gasteiger partial charge in [0.15, 0.2) is 0 Å². The Kier molecular flexibility index (Phi) is 28.7. The minimum atomic E-state index is -0.542. The van der Waals surface area contributed by atoms with Crippen molar-refractivity contribution >= 4 is 182 Å². The molecule has 0 unspecified atom stereocenters. The first-order valence-corrected chi connectivity index (χ1v) is 33.8. The standard InChI is InChI=1S/C24H15Br.C18H12BO2.C18H11Br.C9H21BO3.C6H4BrI.C4H9.CH4.Li/c25-19-8-5-7-17(14-19)23-15-18-13-12-16-6-1-2-9-20(16)24(18)22-11-4-3-10-21(22)23;20-19-21-17-11-13-10-9-12-5-1-2-6-14(12)18(13)16-8-4-3-7-15(16)17;19-17-11-13-10-9-12-5-1-2-6-14(12)18(13)16-8-4-3-7-15(16)17;1-7(2)11-10(12-8(3)4)13-9(5)6;7-5-2-1-3-6(8)4-5;1-3-4-2;;/h1-15H;1-11,20H;1-11H;7-9H,1-6H3;1-4H;1,3-4H2,2H3;1H4;/q;;;;;-1;;+1. The van der Waals surface area contributed by atoms with Crippen molar-refractivity contribution in [3.05, 3.63) is 273 Å². The number of halogens is 4. The maximum absolute atomic E-state index is 8.98. The molecule has 0 bridgehead atoms. The van der Waals surface area contributed by atoms with Gasteiger partial charge < -0.3 is 30.6 Å². The summed E-state index contributed by atoms with van der Waals surface area (Å²) in [4.78, 5) is 0. The minimum absolute atomic E-state index is 0. The van der Waals surface area contributed by atoms with Crippen LogP contribution < -0.4 is 23.5 Å². The molecule has 0 aliphatic heterocycles. The van der Waals surface area contributed by atoms with E-state index in [0.29, 0.717) is 5.75 Å². The van der Waals surface area contributed by atoms with Crippen LogP contribution in [0.5, 0.6) is 5.75 Å². The molecule has 1 radical (unpaired) electrons. The molecule has 14 aromatic carbocycles. The van der Waals surface area contributed by atoms with Crippen molar-refractivity contribution in [3.63, 3.8) is 0 Å². The molecule has 5 nitrogen and oxygen atoms in total. The van der Waals surface area contributed by atoms with Crippen LogP contribution in [-0.4, -0.2) is 38.3 Å². The summed E-state index contributed by atoms with van der Waals surface area (Å²) in [5.74, 6) is 0.663. The maximum Gasteiger partial charge on any atom is 1.00 e. The van der Waals surface area contributed by atoms with Crippen LogP contribution in [0.3, 0.4) is 0 Å². The van der Waals surface area contributed by atoms with E-state index in [1.807, 2.05) is 77.9 Å². The molecule has 0 atom stereocenters. The van der Waals surface area contributed by atoms with Gasteiger partial charge in [-0.3, -0.25) is 0 Å². The van der Waals surface area contributed by atoms with Gasteiger partial charge in [0, 0.05) is 40.7 Å². The molecule has 461 valence electrons. The molecule has 0 aromatic heterocycles. The van der Waals surface area contributed by atoms with Crippen molar-refractivity contribution < 1.29 is 42.5 Å². The zero-order valence-corrected chi connectivity index (χ0v) is 59.7. The molecule has 0 saturated heterocycles. The molecule has 14 aromatic rings. The maximum atomic E-state index is 8.98. The molecule has 0 aliphatic carbocycles. The Hall–Kier alpha value is -6.04. The van der Waals surface area contributed by atoms with Gasteiger partial charge in [0.1, 0.15) is 5.75 Å². The largest absolute Gasteiger partial charge is 1.00 e. The van der Waals surface area contributed by atoms with Gasteiger partial charge in [-0.05, 0) is 215 Å². The molecule has 14 rings (SSSR count). The predicted octanol–water partition coefficient (Wildman–Crippen LogP) is 22.1. The fraction of sp³-hybridized carbons (Fsp3) is 0.163. The van der Waals surface area contributed by atoms with Crippen molar-refractivity contribution in [2.75, 3.05) is 0 Å². The van der Waals surface area contributed by atoms with Gasteiger partial charge in [0.2, 0.25) is 0 Å². The van der Waals surface area contributed by atoms with Gasteiger partial charge in [0.25, 0.3) is 0 Å². The van der Waals surface area contributed by atoms with E-state index in [0.717, 1.165) is 43.7 Å². The monoisotopic (exact) mass is 1510 g/mol. The van der Waals surface area contributed by atoms with Crippen molar-refractivity contribution in [1.82, 2.24) is 0 Å². The molecule has 0 aliphatic rings. The van der Waals surface area contributed by atoms with Crippen molar-refractivity contribution in [3.8, 4) is 16.9 Å². The summed E-state index contributed by atoms with van der Waals surface area (Å²) in [6.07, 6.45) is 2.62. The Balaban J connectivity index is 0.000000166. The van der Waals surface area contributed by atoms with E-state index in [2.05, 4.69) is 297 Å². The summed E-state index contributed by atoms with van der Waals surface area (Å²) in [5.41, 5.74) is 2.51. The van der Waals surface area contributed by atoms with E-state index >= 15 is 0 Å². The Bertz CT molecular complexity index is 4680. The number of hydrogen-bond donors (Lipinski definition) is 1. The number of unbranched alkanes of at least 4 members (excludes halogenated alkanes) is 1. The first kappa shape index (κ1) is 73.4. The first-order chi connectivity index (χ1) is 43.6. The first-order valence-electron chi connectivity index (χ1n) is 30.4. The Labute approximate surface area is 595 Å². The van der Waals surface area contributed by atoms with Crippen LogP contribution in [0.1, 0.15) is 68.7 Å². The molecule has 0 amide bonds. The molecular formula is C80H76B2Br3ILiO5. The van der Waals surface area contributed by atoms with Crippen LogP contribution in [0.25, 0.3) is 108 Å². The summed E-state index contributed by atoms with van der Waals surface area (Å²) in [6, 6.07) is 87.3. The van der Waals surface area contributed by atoms with Crippen LogP contribution in [0.15, 0.2) is 262 Å². The number of fused-ring (bicyclic) bond motifs is 15. The summed E-state index contributed by atoms with van der Waals surface area (Å²) >= 11 is 12.9. The van der Waals surface area contributed by atoms with Gasteiger partial charge >= 0.3 is 33.9 Å². The van der Waals surface area contributed by atoms with E-state index < -0.39 is 7.32 Å². The number of hydrogen-bond acceptors (Lipinski definition) is 5. The van der Waals surface area contributed by atoms with Gasteiger partial charge in [-0.15, -0.1) is 0 Å². The molecule has 92 heavy (non-hydrogen) atoms. The molecule has 0 spiro atoms. The summed E-state index contributed by atoms with van der Waals surface area (Å²) < 4.78 is 26.2. The second-order valence-corrected chi connectivity index (χ2v) is 26.2. The van der Waals surface area contributed by atoms with Gasteiger partial charge in [-0.2, -0.15) is 6.42 Å². The fourth-order valence-corrected chi connectivity index (χ4v) is 13.2. The number of benzene rings is 14. The molecule has 0 saturated carbocycles. The van der Waals surface area contributed by atoms with Crippen LogP contribution >= 0.6 is 70.4 Å². The van der Waals surface area contributed by atoms with E-state index in [4.69, 9.17) is 23.6 Å². The Morgan fingerprint density at radius 3 is 1.20 bits per heavy atom. The smallest absolute Gasteiger partial charge is 0.537 e. The summed E-state index contributed by atoms with van der Waals surface area (Å²) in [5, 5.41) is 31.5. The average molecular weight is 1510 g/mol. The van der Waals surface area contributed by atoms with Crippen molar-refractivity contribution in [2.24, 2.45) is 0 Å². The van der Waals surface area contributed by atoms with E-state index in [-0.39, 0.29) is 44.6 Å². The van der Waals surface area contributed by atoms with E-state index in [9.17, 15) is 0 Å². The fourth-order valence-electron chi connectivity index (χ4n) is 10.8. The molecule has 0 fully saturated rings. The van der Waals surface area contributed by atoms with Crippen LogP contribution in [0, 0.1) is 10.5 Å². The topological polar surface area (TPSA) is 57.2 Å². The number of rotatable bonds is 10. The molecule has 1 N–H and O–H groups in total. The normalized spacial score (nSPS) is 10.8. The van der Waals surface area contributed by atoms with Crippen molar-refractivity contribution in [1.29, 1.82) is 0 Å². The molecule has 0 heterocycles. The Morgan fingerprint density at radius 1 is 0.424 bits per heavy atom. The Morgan fingerprint density at radius 2 is 0.783 bits per heavy atom.